The average molecular weight is 471 g/mol. The molecule has 0 saturated carbocycles. The van der Waals surface area contributed by atoms with Gasteiger partial charge in [0.25, 0.3) is 5.91 Å². The number of esters is 1. The van der Waals surface area contributed by atoms with Gasteiger partial charge in [-0.2, -0.15) is 5.10 Å². The Hall–Kier alpha value is -4.46. The smallest absolute Gasteiger partial charge is 0.338 e. The number of aromatic nitrogens is 2. The lowest BCUT2D eigenvalue weighted by atomic mass is 9.95. The average Bonchev–Trinajstić information content (AvgIpc) is 3.44. The first-order chi connectivity index (χ1) is 17.0. The van der Waals surface area contributed by atoms with Crippen LogP contribution in [0.25, 0.3) is 11.3 Å². The van der Waals surface area contributed by atoms with Crippen LogP contribution in [0.15, 0.2) is 72.8 Å². The molecule has 0 aliphatic carbocycles. The van der Waals surface area contributed by atoms with Crippen LogP contribution in [0, 0.1) is 5.82 Å². The van der Waals surface area contributed by atoms with Crippen LogP contribution in [0.2, 0.25) is 0 Å². The van der Waals surface area contributed by atoms with Crippen molar-refractivity contribution in [3.05, 3.63) is 101 Å². The maximum absolute atomic E-state index is 13.8. The minimum Gasteiger partial charge on any atom is -0.497 e. The van der Waals surface area contributed by atoms with Crippen LogP contribution < -0.4 is 9.64 Å². The number of benzene rings is 3. The fraction of sp³-hybridized carbons (Fsp3) is 0.148. The Morgan fingerprint density at radius 1 is 1.03 bits per heavy atom. The van der Waals surface area contributed by atoms with E-state index in [2.05, 4.69) is 10.2 Å². The summed E-state index contributed by atoms with van der Waals surface area (Å²) in [6.07, 6.45) is 0. The molecule has 176 valence electrons. The van der Waals surface area contributed by atoms with Gasteiger partial charge < -0.3 is 9.47 Å². The van der Waals surface area contributed by atoms with E-state index in [1.807, 2.05) is 24.3 Å². The maximum atomic E-state index is 13.8. The lowest BCUT2D eigenvalue weighted by molar-refractivity contribution is 0.0526. The summed E-state index contributed by atoms with van der Waals surface area (Å²) in [4.78, 5) is 27.3. The molecule has 1 N–H and O–H groups in total. The predicted molar refractivity (Wildman–Crippen MR) is 128 cm³/mol. The van der Waals surface area contributed by atoms with E-state index in [9.17, 15) is 14.0 Å². The first-order valence-corrected chi connectivity index (χ1v) is 11.1. The number of aromatic amines is 1. The molecule has 0 saturated heterocycles. The Kier molecular flexibility index (Phi) is 5.78. The number of anilines is 1. The lowest BCUT2D eigenvalue weighted by Crippen LogP contribution is -2.29. The summed E-state index contributed by atoms with van der Waals surface area (Å²) < 4.78 is 24.1. The number of carbonyl (C=O) groups is 2. The fourth-order valence-electron chi connectivity index (χ4n) is 4.32. The van der Waals surface area contributed by atoms with Crippen molar-refractivity contribution >= 4 is 17.6 Å². The van der Waals surface area contributed by atoms with E-state index >= 15 is 0 Å². The number of ether oxygens (including phenoxy) is 2. The maximum Gasteiger partial charge on any atom is 0.338 e. The van der Waals surface area contributed by atoms with Gasteiger partial charge in [-0.1, -0.05) is 12.1 Å². The molecule has 8 heteroatoms. The lowest BCUT2D eigenvalue weighted by Gasteiger charge is -2.26. The third-order valence-corrected chi connectivity index (χ3v) is 5.97. The van der Waals surface area contributed by atoms with E-state index in [0.29, 0.717) is 34.0 Å². The zero-order chi connectivity index (χ0) is 24.5. The van der Waals surface area contributed by atoms with E-state index in [-0.39, 0.29) is 18.3 Å². The molecule has 0 fully saturated rings. The number of hydrogen-bond acceptors (Lipinski definition) is 5. The van der Waals surface area contributed by atoms with Crippen molar-refractivity contribution in [2.75, 3.05) is 18.6 Å². The Morgan fingerprint density at radius 3 is 2.34 bits per heavy atom. The summed E-state index contributed by atoms with van der Waals surface area (Å²) in [5.74, 6) is -0.370. The second-order valence-electron chi connectivity index (χ2n) is 7.99. The van der Waals surface area contributed by atoms with Crippen LogP contribution in [0.1, 0.15) is 44.9 Å². The number of H-pyrrole nitrogens is 1. The van der Waals surface area contributed by atoms with Gasteiger partial charge in [-0.05, 0) is 73.2 Å². The first-order valence-electron chi connectivity index (χ1n) is 11.1. The summed E-state index contributed by atoms with van der Waals surface area (Å²) >= 11 is 0. The second kappa shape index (κ2) is 9.06. The zero-order valence-corrected chi connectivity index (χ0v) is 19.1. The van der Waals surface area contributed by atoms with Gasteiger partial charge in [0.1, 0.15) is 17.3 Å². The normalized spacial score (nSPS) is 14.7. The van der Waals surface area contributed by atoms with Crippen molar-refractivity contribution < 1.29 is 23.5 Å². The molecule has 1 amide bonds. The number of methoxy groups -OCH3 is 1. The minimum atomic E-state index is -0.553. The van der Waals surface area contributed by atoms with E-state index in [1.165, 1.54) is 12.1 Å². The third-order valence-electron chi connectivity index (χ3n) is 5.97. The van der Waals surface area contributed by atoms with Crippen molar-refractivity contribution in [3.8, 4) is 17.0 Å². The monoisotopic (exact) mass is 471 g/mol. The number of nitrogens with one attached hydrogen (secondary N) is 1. The van der Waals surface area contributed by atoms with Gasteiger partial charge in [0.05, 0.1) is 31.0 Å². The Bertz CT molecular complexity index is 1380. The van der Waals surface area contributed by atoms with E-state index in [0.717, 1.165) is 11.1 Å². The van der Waals surface area contributed by atoms with Gasteiger partial charge >= 0.3 is 5.97 Å². The largest absolute Gasteiger partial charge is 0.497 e. The zero-order valence-electron chi connectivity index (χ0n) is 19.1. The molecule has 35 heavy (non-hydrogen) atoms. The highest BCUT2D eigenvalue weighted by atomic mass is 19.1. The molecule has 4 aromatic rings. The molecular formula is C27H22FN3O4. The molecule has 1 atom stereocenters. The van der Waals surface area contributed by atoms with Crippen molar-refractivity contribution in [2.24, 2.45) is 0 Å². The molecule has 0 unspecified atom stereocenters. The van der Waals surface area contributed by atoms with Crippen molar-refractivity contribution in [1.82, 2.24) is 10.2 Å². The highest BCUT2D eigenvalue weighted by Crippen LogP contribution is 2.45. The first kappa shape index (κ1) is 22.3. The van der Waals surface area contributed by atoms with E-state index in [1.54, 1.807) is 55.3 Å². The van der Waals surface area contributed by atoms with Gasteiger partial charge in [-0.3, -0.25) is 14.8 Å². The molecular weight excluding hydrogens is 449 g/mol. The molecule has 5 rings (SSSR count). The SMILES string of the molecule is CCOC(=O)c1ccc(N2C(=O)c3[nH]nc(-c4ccc(OC)cc4)c3[C@H]2c2ccc(F)cc2)cc1. The van der Waals surface area contributed by atoms with E-state index in [4.69, 9.17) is 9.47 Å². The second-order valence-corrected chi connectivity index (χ2v) is 7.99. The molecule has 1 aromatic heterocycles. The van der Waals surface area contributed by atoms with Crippen LogP contribution >= 0.6 is 0 Å². The molecule has 0 bridgehead atoms. The number of amides is 1. The van der Waals surface area contributed by atoms with Gasteiger partial charge in [-0.15, -0.1) is 0 Å². The van der Waals surface area contributed by atoms with Gasteiger partial charge in [-0.25, -0.2) is 9.18 Å². The molecule has 0 spiro atoms. The number of rotatable bonds is 6. The van der Waals surface area contributed by atoms with Crippen LogP contribution in [0.3, 0.4) is 0 Å². The summed E-state index contributed by atoms with van der Waals surface area (Å²) in [5.41, 5.74) is 4.19. The number of carbonyl (C=O) groups excluding carboxylic acids is 2. The van der Waals surface area contributed by atoms with Crippen LogP contribution in [0.4, 0.5) is 10.1 Å². The van der Waals surface area contributed by atoms with Crippen LogP contribution in [0.5, 0.6) is 5.75 Å². The highest BCUT2D eigenvalue weighted by molar-refractivity contribution is 6.12. The van der Waals surface area contributed by atoms with E-state index < -0.39 is 12.0 Å². The summed E-state index contributed by atoms with van der Waals surface area (Å²) in [6, 6.07) is 19.5. The quantitative estimate of drug-likeness (QED) is 0.393. The fourth-order valence-corrected chi connectivity index (χ4v) is 4.32. The van der Waals surface area contributed by atoms with Gasteiger partial charge in [0.2, 0.25) is 0 Å². The third kappa shape index (κ3) is 3.93. The molecule has 1 aliphatic heterocycles. The van der Waals surface area contributed by atoms with Crippen molar-refractivity contribution in [2.45, 2.75) is 13.0 Å². The predicted octanol–water partition coefficient (Wildman–Crippen LogP) is 5.15. The van der Waals surface area contributed by atoms with Gasteiger partial charge in [0.15, 0.2) is 0 Å². The number of fused-ring (bicyclic) bond motifs is 1. The van der Waals surface area contributed by atoms with Crippen molar-refractivity contribution in [1.29, 1.82) is 0 Å². The van der Waals surface area contributed by atoms with Gasteiger partial charge in [0, 0.05) is 16.8 Å². The molecule has 1 aliphatic rings. The standard InChI is InChI=1S/C27H22FN3O4/c1-3-35-27(33)18-6-12-20(13-7-18)31-25(17-4-10-19(28)11-5-17)22-23(29-30-24(22)26(31)32)16-8-14-21(34-2)15-9-16/h4-15,25H,3H2,1-2H3,(H,29,30)/t25-/m1/s1. The topological polar surface area (TPSA) is 84.5 Å². The Labute approximate surface area is 201 Å². The molecule has 2 heterocycles. The van der Waals surface area contributed by atoms with Crippen LogP contribution in [-0.4, -0.2) is 35.8 Å². The minimum absolute atomic E-state index is 0.271. The van der Waals surface area contributed by atoms with Crippen molar-refractivity contribution in [3.63, 3.8) is 0 Å². The Morgan fingerprint density at radius 2 is 1.71 bits per heavy atom. The summed E-state index contributed by atoms with van der Waals surface area (Å²) in [6.45, 7) is 2.01. The molecule has 0 radical (unpaired) electrons. The molecule has 3 aromatic carbocycles. The summed E-state index contributed by atoms with van der Waals surface area (Å²) in [7, 11) is 1.59. The molecule has 7 nitrogen and oxygen atoms in total. The summed E-state index contributed by atoms with van der Waals surface area (Å²) in [5, 5.41) is 7.34. The number of nitrogens with zero attached hydrogens (tertiary/aromatic N) is 2. The Balaban J connectivity index is 1.62. The van der Waals surface area contributed by atoms with Crippen LogP contribution in [-0.2, 0) is 4.74 Å². The highest BCUT2D eigenvalue weighted by Gasteiger charge is 2.43. The number of hydrogen-bond donors (Lipinski definition) is 1. The number of halogens is 1.